The second-order valence-corrected chi connectivity index (χ2v) is 1.98. The number of alkyl halides is 3. The third-order valence-corrected chi connectivity index (χ3v) is 1.08. The van der Waals surface area contributed by atoms with Crippen LogP contribution in [0.5, 0.6) is 0 Å². The fourth-order valence-electron chi connectivity index (χ4n) is 0.623. The molecule has 1 aliphatic heterocycles. The van der Waals surface area contributed by atoms with Crippen LogP contribution in [0.3, 0.4) is 0 Å². The third kappa shape index (κ3) is 2.07. The minimum Gasteiger partial charge on any atom is -0.425 e. The topological polar surface area (TPSA) is 35.5 Å². The van der Waals surface area contributed by atoms with Gasteiger partial charge in [0.1, 0.15) is 0 Å². The zero-order chi connectivity index (χ0) is 8.48. The number of esters is 1. The summed E-state index contributed by atoms with van der Waals surface area (Å²) in [4.78, 5) is 10.3. The summed E-state index contributed by atoms with van der Waals surface area (Å²) >= 11 is 0. The van der Waals surface area contributed by atoms with Crippen molar-refractivity contribution in [2.75, 3.05) is 6.61 Å². The molecule has 0 N–H and O–H groups in total. The normalized spacial score (nSPS) is 26.5. The summed E-state index contributed by atoms with van der Waals surface area (Å²) in [5, 5.41) is 0. The average molecular weight is 170 g/mol. The Kier molecular flexibility index (Phi) is 2.03. The highest BCUT2D eigenvalue weighted by atomic mass is 19.4. The van der Waals surface area contributed by atoms with Gasteiger partial charge in [0.05, 0.1) is 13.0 Å². The summed E-state index contributed by atoms with van der Waals surface area (Å²) in [7, 11) is 0. The van der Waals surface area contributed by atoms with E-state index >= 15 is 0 Å². The van der Waals surface area contributed by atoms with Gasteiger partial charge < -0.3 is 9.47 Å². The molecule has 1 saturated heterocycles. The maximum atomic E-state index is 11.7. The van der Waals surface area contributed by atoms with E-state index in [4.69, 9.17) is 0 Å². The molecule has 11 heavy (non-hydrogen) atoms. The fourth-order valence-corrected chi connectivity index (χ4v) is 0.623. The van der Waals surface area contributed by atoms with Gasteiger partial charge in [0.25, 0.3) is 6.29 Å². The smallest absolute Gasteiger partial charge is 0.425 e. The molecule has 0 aliphatic carbocycles. The van der Waals surface area contributed by atoms with Gasteiger partial charge in [0.15, 0.2) is 0 Å². The molecule has 0 amide bonds. The van der Waals surface area contributed by atoms with Gasteiger partial charge >= 0.3 is 12.1 Å². The number of ether oxygens (including phenoxy) is 2. The Morgan fingerprint density at radius 1 is 1.45 bits per heavy atom. The van der Waals surface area contributed by atoms with Gasteiger partial charge in [-0.3, -0.25) is 4.79 Å². The molecule has 1 rings (SSSR count). The molecule has 0 aromatic carbocycles. The monoisotopic (exact) mass is 170 g/mol. The Balaban J connectivity index is 2.53. The number of carbonyl (C=O) groups is 1. The van der Waals surface area contributed by atoms with Gasteiger partial charge in [0.2, 0.25) is 0 Å². The van der Waals surface area contributed by atoms with Crippen LogP contribution in [0.25, 0.3) is 0 Å². The van der Waals surface area contributed by atoms with Crippen LogP contribution in [0.2, 0.25) is 0 Å². The van der Waals surface area contributed by atoms with Gasteiger partial charge in [-0.25, -0.2) is 0 Å². The molecule has 1 heterocycles. The lowest BCUT2D eigenvalue weighted by Gasteiger charge is -2.24. The molecule has 3 nitrogen and oxygen atoms in total. The first-order valence-electron chi connectivity index (χ1n) is 2.88. The van der Waals surface area contributed by atoms with E-state index in [1.54, 1.807) is 0 Å². The fraction of sp³-hybridized carbons (Fsp3) is 0.800. The first kappa shape index (κ1) is 8.32. The standard InChI is InChI=1S/C5H5F3O3/c6-5(7,8)4-10-2-1-3(9)11-4/h4H,1-2H2. The van der Waals surface area contributed by atoms with E-state index in [1.165, 1.54) is 0 Å². The second-order valence-electron chi connectivity index (χ2n) is 1.98. The highest BCUT2D eigenvalue weighted by Gasteiger charge is 2.45. The zero-order valence-electron chi connectivity index (χ0n) is 5.35. The average Bonchev–Trinajstić information content (AvgIpc) is 1.86. The molecule has 1 unspecified atom stereocenters. The SMILES string of the molecule is O=C1CCOC(C(F)(F)F)O1. The number of carbonyl (C=O) groups excluding carboxylic acids is 1. The second kappa shape index (κ2) is 2.69. The molecular weight excluding hydrogens is 165 g/mol. The predicted octanol–water partition coefficient (Wildman–Crippen LogP) is 0.838. The summed E-state index contributed by atoms with van der Waals surface area (Å²) in [5.74, 6) is -0.876. The van der Waals surface area contributed by atoms with Crippen LogP contribution in [-0.2, 0) is 14.3 Å². The Labute approximate surface area is 60.1 Å². The summed E-state index contributed by atoms with van der Waals surface area (Å²) in [5.41, 5.74) is 0. The maximum absolute atomic E-state index is 11.7. The van der Waals surface area contributed by atoms with Gasteiger partial charge in [-0.05, 0) is 0 Å². The maximum Gasteiger partial charge on any atom is 0.452 e. The highest BCUT2D eigenvalue weighted by molar-refractivity contribution is 5.70. The molecule has 0 spiro atoms. The van der Waals surface area contributed by atoms with E-state index in [2.05, 4.69) is 9.47 Å². The van der Waals surface area contributed by atoms with Crippen LogP contribution in [0.4, 0.5) is 13.2 Å². The van der Waals surface area contributed by atoms with E-state index in [1.807, 2.05) is 0 Å². The molecule has 1 aliphatic rings. The lowest BCUT2D eigenvalue weighted by atomic mass is 10.4. The molecule has 6 heteroatoms. The van der Waals surface area contributed by atoms with Gasteiger partial charge in [0, 0.05) is 0 Å². The van der Waals surface area contributed by atoms with Gasteiger partial charge in [-0.15, -0.1) is 0 Å². The molecule has 0 saturated carbocycles. The van der Waals surface area contributed by atoms with Crippen molar-refractivity contribution in [3.05, 3.63) is 0 Å². The summed E-state index contributed by atoms with van der Waals surface area (Å²) in [6.45, 7) is -0.233. The number of cyclic esters (lactones) is 1. The van der Waals surface area contributed by atoms with E-state index < -0.39 is 18.4 Å². The van der Waals surface area contributed by atoms with Crippen LogP contribution in [0.15, 0.2) is 0 Å². The molecule has 0 aromatic rings. The summed E-state index contributed by atoms with van der Waals surface area (Å²) in [6.07, 6.45) is -7.11. The van der Waals surface area contributed by atoms with Crippen molar-refractivity contribution in [1.82, 2.24) is 0 Å². The van der Waals surface area contributed by atoms with Crippen LogP contribution >= 0.6 is 0 Å². The zero-order valence-corrected chi connectivity index (χ0v) is 5.35. The van der Waals surface area contributed by atoms with E-state index in [0.717, 1.165) is 0 Å². The number of rotatable bonds is 0. The number of halogens is 3. The lowest BCUT2D eigenvalue weighted by Crippen LogP contribution is -2.40. The number of hydrogen-bond acceptors (Lipinski definition) is 3. The van der Waals surface area contributed by atoms with Crippen molar-refractivity contribution >= 4 is 5.97 Å². The lowest BCUT2D eigenvalue weighted by molar-refractivity contribution is -0.310. The highest BCUT2D eigenvalue weighted by Crippen LogP contribution is 2.26. The Morgan fingerprint density at radius 2 is 2.09 bits per heavy atom. The molecule has 1 fully saturated rings. The van der Waals surface area contributed by atoms with Crippen LogP contribution in [0, 0.1) is 0 Å². The molecule has 1 atom stereocenters. The summed E-state index contributed by atoms with van der Waals surface area (Å²) in [6, 6.07) is 0. The molecular formula is C5H5F3O3. The Hall–Kier alpha value is -0.780. The third-order valence-electron chi connectivity index (χ3n) is 1.08. The largest absolute Gasteiger partial charge is 0.452 e. The minimum atomic E-state index is -4.62. The molecule has 0 radical (unpaired) electrons. The van der Waals surface area contributed by atoms with Gasteiger partial charge in [-0.2, -0.15) is 13.2 Å². The van der Waals surface area contributed by atoms with Gasteiger partial charge in [-0.1, -0.05) is 0 Å². The minimum absolute atomic E-state index is 0.118. The van der Waals surface area contributed by atoms with Crippen molar-refractivity contribution in [1.29, 1.82) is 0 Å². The van der Waals surface area contributed by atoms with Crippen molar-refractivity contribution < 1.29 is 27.4 Å². The Bertz CT molecular complexity index is 165. The first-order valence-corrected chi connectivity index (χ1v) is 2.88. The van der Waals surface area contributed by atoms with Crippen molar-refractivity contribution in [2.24, 2.45) is 0 Å². The number of hydrogen-bond donors (Lipinski definition) is 0. The summed E-state index contributed by atoms with van der Waals surface area (Å²) < 4.78 is 43.1. The Morgan fingerprint density at radius 3 is 2.45 bits per heavy atom. The van der Waals surface area contributed by atoms with E-state index in [-0.39, 0.29) is 13.0 Å². The molecule has 0 bridgehead atoms. The van der Waals surface area contributed by atoms with Crippen LogP contribution in [-0.4, -0.2) is 25.0 Å². The molecule has 64 valence electrons. The first-order chi connectivity index (χ1) is 5.00. The molecule has 0 aromatic heterocycles. The van der Waals surface area contributed by atoms with Crippen molar-refractivity contribution in [3.8, 4) is 0 Å². The quantitative estimate of drug-likeness (QED) is 0.505. The predicted molar refractivity (Wildman–Crippen MR) is 26.5 cm³/mol. The van der Waals surface area contributed by atoms with E-state index in [9.17, 15) is 18.0 Å². The van der Waals surface area contributed by atoms with E-state index in [0.29, 0.717) is 0 Å². The van der Waals surface area contributed by atoms with Crippen molar-refractivity contribution in [2.45, 2.75) is 18.9 Å². The van der Waals surface area contributed by atoms with Crippen LogP contribution in [0.1, 0.15) is 6.42 Å². The van der Waals surface area contributed by atoms with Crippen molar-refractivity contribution in [3.63, 3.8) is 0 Å². The van der Waals surface area contributed by atoms with Crippen LogP contribution < -0.4 is 0 Å².